The average molecular weight is 503 g/mol. The summed E-state index contributed by atoms with van der Waals surface area (Å²) >= 11 is 0. The van der Waals surface area contributed by atoms with Crippen molar-refractivity contribution in [1.82, 2.24) is 29.6 Å². The molecule has 2 aromatic heterocycles. The zero-order chi connectivity index (χ0) is 22.0. The largest absolute Gasteiger partial charge is 0.396 e. The van der Waals surface area contributed by atoms with E-state index in [1.54, 1.807) is 6.20 Å². The molecule has 3 heterocycles. The van der Waals surface area contributed by atoms with Gasteiger partial charge in [-0.15, -0.1) is 34.5 Å². The van der Waals surface area contributed by atoms with Crippen LogP contribution in [0, 0.1) is 0 Å². The van der Waals surface area contributed by atoms with E-state index in [2.05, 4.69) is 85.6 Å². The molecule has 0 spiro atoms. The molecule has 0 atom stereocenters. The number of fused-ring (bicyclic) bond motifs is 1. The molecule has 5 rings (SSSR count). The van der Waals surface area contributed by atoms with Gasteiger partial charge in [-0.25, -0.2) is 4.98 Å². The number of benzene rings is 2. The van der Waals surface area contributed by atoms with Crippen LogP contribution in [0.15, 0.2) is 85.3 Å². The van der Waals surface area contributed by atoms with Crippen LogP contribution < -0.4 is 0 Å². The minimum atomic E-state index is 0. The van der Waals surface area contributed by atoms with Crippen LogP contribution in [-0.4, -0.2) is 74.0 Å². The minimum Gasteiger partial charge on any atom is -0.396 e. The molecule has 0 radical (unpaired) electrons. The van der Waals surface area contributed by atoms with Crippen molar-refractivity contribution in [2.45, 2.75) is 12.5 Å². The van der Waals surface area contributed by atoms with E-state index >= 15 is 0 Å². The van der Waals surface area contributed by atoms with Crippen molar-refractivity contribution < 1.29 is 5.11 Å². The summed E-state index contributed by atoms with van der Waals surface area (Å²) in [7, 11) is 0. The van der Waals surface area contributed by atoms with Crippen LogP contribution in [0.4, 0.5) is 0 Å². The minimum absolute atomic E-state index is 0. The predicted octanol–water partition coefficient (Wildman–Crippen LogP) is 3.74. The van der Waals surface area contributed by atoms with Crippen LogP contribution in [0.1, 0.15) is 23.6 Å². The van der Waals surface area contributed by atoms with Gasteiger partial charge in [0.2, 0.25) is 0 Å². The van der Waals surface area contributed by atoms with Gasteiger partial charge in [0, 0.05) is 45.5 Å². The topological polar surface area (TPSA) is 69.8 Å². The second-order valence-corrected chi connectivity index (χ2v) is 7.81. The molecule has 0 bridgehead atoms. The Bertz CT molecular complexity index is 989. The van der Waals surface area contributed by atoms with Gasteiger partial charge in [-0.1, -0.05) is 60.7 Å². The lowest BCUT2D eigenvalue weighted by Gasteiger charge is -2.39. The first kappa shape index (κ1) is 27.7. The number of rotatable bonds is 6. The highest BCUT2D eigenvalue weighted by atomic mass is 35.5. The maximum atomic E-state index is 9.00. The van der Waals surface area contributed by atoms with E-state index in [0.29, 0.717) is 6.04 Å². The van der Waals surface area contributed by atoms with Crippen LogP contribution in [0.25, 0.3) is 5.65 Å². The third-order valence-electron chi connectivity index (χ3n) is 5.70. The molecule has 1 N–H and O–H groups in total. The zero-order valence-electron chi connectivity index (χ0n) is 19.1. The summed E-state index contributed by atoms with van der Waals surface area (Å²) in [6.45, 7) is 5.59. The van der Waals surface area contributed by atoms with Crippen molar-refractivity contribution in [3.63, 3.8) is 0 Å². The van der Waals surface area contributed by atoms with Crippen LogP contribution >= 0.6 is 24.8 Å². The number of aliphatic hydroxyl groups is 1. The Morgan fingerprint density at radius 1 is 0.765 bits per heavy atom. The van der Waals surface area contributed by atoms with Gasteiger partial charge in [-0.3, -0.25) is 4.90 Å². The fraction of sp³-hybridized carbons (Fsp3) is 0.320. The number of aromatic nitrogens is 4. The lowest BCUT2D eigenvalue weighted by Crippen LogP contribution is -2.48. The molecule has 1 aliphatic heterocycles. The molecule has 9 heteroatoms. The second-order valence-electron chi connectivity index (χ2n) is 7.81. The van der Waals surface area contributed by atoms with Crippen molar-refractivity contribution in [2.24, 2.45) is 0 Å². The average Bonchev–Trinajstić information content (AvgIpc) is 3.35. The molecule has 2 aromatic carbocycles. The maximum Gasteiger partial charge on any atom is 0.175 e. The van der Waals surface area contributed by atoms with E-state index in [-0.39, 0.29) is 31.4 Å². The van der Waals surface area contributed by atoms with Crippen molar-refractivity contribution >= 4 is 30.5 Å². The van der Waals surface area contributed by atoms with Crippen molar-refractivity contribution in [3.05, 3.63) is 96.4 Å². The number of nitrogens with zero attached hydrogens (tertiary/aromatic N) is 6. The number of aliphatic hydroxyl groups excluding tert-OH is 1. The lowest BCUT2D eigenvalue weighted by atomic mass is 9.96. The number of hydrogen-bond acceptors (Lipinski definition) is 6. The van der Waals surface area contributed by atoms with E-state index in [4.69, 9.17) is 5.11 Å². The molecule has 1 saturated heterocycles. The third-order valence-corrected chi connectivity index (χ3v) is 5.70. The molecular weight excluding hydrogens is 471 g/mol. The summed E-state index contributed by atoms with van der Waals surface area (Å²) < 4.78 is 1.47. The summed E-state index contributed by atoms with van der Waals surface area (Å²) in [5.74, 6) is 0. The molecule has 0 saturated carbocycles. The van der Waals surface area contributed by atoms with Gasteiger partial charge in [0.1, 0.15) is 6.33 Å². The van der Waals surface area contributed by atoms with Crippen LogP contribution in [0.5, 0.6) is 0 Å². The summed E-state index contributed by atoms with van der Waals surface area (Å²) in [4.78, 5) is 8.95. The van der Waals surface area contributed by atoms with E-state index in [1.807, 2.05) is 12.1 Å². The fourth-order valence-corrected chi connectivity index (χ4v) is 4.10. The molecule has 182 valence electrons. The Morgan fingerprint density at radius 2 is 1.38 bits per heavy atom. The van der Waals surface area contributed by atoms with Crippen LogP contribution in [0.2, 0.25) is 0 Å². The molecule has 0 amide bonds. The number of hydrogen-bond donors (Lipinski definition) is 1. The molecule has 1 fully saturated rings. The van der Waals surface area contributed by atoms with Crippen LogP contribution in [-0.2, 0) is 0 Å². The number of halogens is 2. The fourth-order valence-electron chi connectivity index (χ4n) is 4.10. The Balaban J connectivity index is 0.000000312. The first-order chi connectivity index (χ1) is 15.8. The summed E-state index contributed by atoms with van der Waals surface area (Å²) in [5.41, 5.74) is 3.50. The van der Waals surface area contributed by atoms with Crippen molar-refractivity contribution in [2.75, 3.05) is 39.3 Å². The highest BCUT2D eigenvalue weighted by molar-refractivity contribution is 5.85. The normalized spacial score (nSPS) is 14.1. The van der Waals surface area contributed by atoms with Crippen molar-refractivity contribution in [1.29, 1.82) is 0 Å². The first-order valence-electron chi connectivity index (χ1n) is 11.1. The number of piperazine rings is 1. The van der Waals surface area contributed by atoms with Gasteiger partial charge in [0.25, 0.3) is 0 Å². The molecule has 7 nitrogen and oxygen atoms in total. The standard InChI is InChI=1S/C20H26N2O.C5H4N4.2ClH/c23-17-7-12-21-13-15-22(16-14-21)20(18-8-3-1-4-9-18)19-10-5-2-6-11-19;1-2-5-6-4-8-9(5)7-3-1;;/h1-6,8-11,20,23H,7,12-17H2;1-4H;2*1H. The van der Waals surface area contributed by atoms with E-state index in [0.717, 1.165) is 44.8 Å². The highest BCUT2D eigenvalue weighted by Gasteiger charge is 2.25. The van der Waals surface area contributed by atoms with Gasteiger partial charge < -0.3 is 10.0 Å². The Kier molecular flexibility index (Phi) is 11.9. The van der Waals surface area contributed by atoms with Gasteiger partial charge in [0.05, 0.1) is 6.04 Å². The van der Waals surface area contributed by atoms with Gasteiger partial charge in [-0.2, -0.15) is 5.10 Å². The molecular formula is C25H32Cl2N6O. The smallest absolute Gasteiger partial charge is 0.175 e. The van der Waals surface area contributed by atoms with E-state index in [1.165, 1.54) is 22.1 Å². The van der Waals surface area contributed by atoms with Crippen LogP contribution in [0.3, 0.4) is 0 Å². The molecule has 0 aliphatic carbocycles. The third kappa shape index (κ3) is 7.48. The summed E-state index contributed by atoms with van der Waals surface area (Å²) in [6.07, 6.45) is 4.02. The monoisotopic (exact) mass is 502 g/mol. The molecule has 34 heavy (non-hydrogen) atoms. The Hall–Kier alpha value is -2.55. The highest BCUT2D eigenvalue weighted by Crippen LogP contribution is 2.29. The molecule has 1 aliphatic rings. The molecule has 0 unspecified atom stereocenters. The van der Waals surface area contributed by atoms with Crippen molar-refractivity contribution in [3.8, 4) is 0 Å². The van der Waals surface area contributed by atoms with E-state index in [9.17, 15) is 0 Å². The van der Waals surface area contributed by atoms with Gasteiger partial charge in [-0.05, 0) is 29.7 Å². The first-order valence-corrected chi connectivity index (χ1v) is 11.1. The maximum absolute atomic E-state index is 9.00. The summed E-state index contributed by atoms with van der Waals surface area (Å²) in [5, 5.41) is 16.7. The predicted molar refractivity (Wildman–Crippen MR) is 140 cm³/mol. The Labute approximate surface area is 213 Å². The zero-order valence-corrected chi connectivity index (χ0v) is 20.7. The quantitative estimate of drug-likeness (QED) is 0.433. The van der Waals surface area contributed by atoms with Gasteiger partial charge >= 0.3 is 0 Å². The Morgan fingerprint density at radius 3 is 1.94 bits per heavy atom. The second kappa shape index (κ2) is 14.7. The van der Waals surface area contributed by atoms with Gasteiger partial charge in [0.15, 0.2) is 5.65 Å². The SMILES string of the molecule is Cl.Cl.OCCCN1CCN(C(c2ccccc2)c2ccccc2)CC1.c1cnn2ncnc2c1. The molecule has 4 aromatic rings. The summed E-state index contributed by atoms with van der Waals surface area (Å²) in [6, 6.07) is 25.6. The lowest BCUT2D eigenvalue weighted by molar-refractivity contribution is 0.104. The van der Waals surface area contributed by atoms with E-state index < -0.39 is 0 Å².